The molecule has 1 aliphatic rings. The van der Waals surface area contributed by atoms with Gasteiger partial charge < -0.3 is 14.8 Å². The van der Waals surface area contributed by atoms with E-state index in [0.717, 1.165) is 0 Å². The number of aromatic nitrogens is 3. The Morgan fingerprint density at radius 2 is 1.71 bits per heavy atom. The lowest BCUT2D eigenvalue weighted by atomic mass is 10.1. The summed E-state index contributed by atoms with van der Waals surface area (Å²) in [5.41, 5.74) is 0.436. The molecule has 1 aromatic heterocycles. The van der Waals surface area contributed by atoms with Crippen molar-refractivity contribution in [1.82, 2.24) is 14.8 Å². The lowest BCUT2D eigenvalue weighted by Crippen LogP contribution is -2.44. The van der Waals surface area contributed by atoms with Crippen molar-refractivity contribution in [2.75, 3.05) is 19.5 Å². The number of para-hydroxylation sites is 1. The van der Waals surface area contributed by atoms with Crippen molar-refractivity contribution in [2.24, 2.45) is 0 Å². The van der Waals surface area contributed by atoms with E-state index in [1.54, 1.807) is 24.3 Å². The zero-order chi connectivity index (χ0) is 22.1. The van der Waals surface area contributed by atoms with Gasteiger partial charge in [0.25, 0.3) is 5.56 Å². The molecule has 0 spiro atoms. The van der Waals surface area contributed by atoms with Crippen LogP contribution in [0.2, 0.25) is 0 Å². The van der Waals surface area contributed by atoms with Crippen LogP contribution in [0.4, 0.5) is 10.1 Å². The van der Waals surface area contributed by atoms with Crippen LogP contribution in [0.3, 0.4) is 0 Å². The summed E-state index contributed by atoms with van der Waals surface area (Å²) in [5, 5.41) is 7.34. The second-order valence-electron chi connectivity index (χ2n) is 6.70. The van der Waals surface area contributed by atoms with E-state index < -0.39 is 35.4 Å². The fourth-order valence-corrected chi connectivity index (χ4v) is 3.43. The van der Waals surface area contributed by atoms with Crippen molar-refractivity contribution in [3.63, 3.8) is 0 Å². The predicted molar refractivity (Wildman–Crippen MR) is 108 cm³/mol. The number of benzene rings is 2. The Balaban J connectivity index is 2.03. The number of ether oxygens (including phenoxy) is 2. The van der Waals surface area contributed by atoms with Gasteiger partial charge >= 0.3 is 11.9 Å². The summed E-state index contributed by atoms with van der Waals surface area (Å²) in [5.74, 6) is -1.94. The molecule has 0 fully saturated rings. The predicted octanol–water partition coefficient (Wildman–Crippen LogP) is 1.79. The highest BCUT2D eigenvalue weighted by Crippen LogP contribution is 2.34. The fraction of sp³-hybridized carbons (Fsp3) is 0.190. The highest BCUT2D eigenvalue weighted by Gasteiger charge is 2.42. The number of esters is 2. The largest absolute Gasteiger partial charge is 0.467 e. The molecular weight excluding hydrogens is 407 g/mol. The van der Waals surface area contributed by atoms with Crippen molar-refractivity contribution >= 4 is 17.6 Å². The molecule has 2 heterocycles. The molecule has 31 heavy (non-hydrogen) atoms. The van der Waals surface area contributed by atoms with Gasteiger partial charge in [-0.3, -0.25) is 4.79 Å². The molecule has 0 bridgehead atoms. The zero-order valence-electron chi connectivity index (χ0n) is 16.5. The van der Waals surface area contributed by atoms with Crippen LogP contribution in [0.5, 0.6) is 0 Å². The summed E-state index contributed by atoms with van der Waals surface area (Å²) in [6, 6.07) is 9.37. The van der Waals surface area contributed by atoms with Crippen LogP contribution in [-0.2, 0) is 19.1 Å². The maximum atomic E-state index is 13.3. The van der Waals surface area contributed by atoms with Gasteiger partial charge in [0.05, 0.1) is 14.2 Å². The van der Waals surface area contributed by atoms with Crippen LogP contribution in [-0.4, -0.2) is 47.0 Å². The molecule has 9 nitrogen and oxygen atoms in total. The van der Waals surface area contributed by atoms with E-state index in [4.69, 9.17) is 9.47 Å². The van der Waals surface area contributed by atoms with Crippen molar-refractivity contribution in [3.05, 3.63) is 64.7 Å². The molecule has 0 unspecified atom stereocenters. The normalized spacial score (nSPS) is 16.9. The lowest BCUT2D eigenvalue weighted by Gasteiger charge is -2.24. The van der Waals surface area contributed by atoms with E-state index in [1.165, 1.54) is 43.2 Å². The summed E-state index contributed by atoms with van der Waals surface area (Å²) < 4.78 is 24.3. The van der Waals surface area contributed by atoms with Crippen LogP contribution in [0.1, 0.15) is 6.04 Å². The van der Waals surface area contributed by atoms with E-state index in [9.17, 15) is 18.8 Å². The van der Waals surface area contributed by atoms with Gasteiger partial charge in [-0.1, -0.05) is 12.1 Å². The number of nitrogens with zero attached hydrogens (tertiary/aromatic N) is 3. The number of carbonyl (C=O) groups excluding carboxylic acids is 2. The van der Waals surface area contributed by atoms with Gasteiger partial charge in [-0.2, -0.15) is 10.1 Å². The number of rotatable bonds is 3. The third-order valence-corrected chi connectivity index (χ3v) is 4.91. The summed E-state index contributed by atoms with van der Waals surface area (Å²) in [4.78, 5) is 42.3. The Bertz CT molecular complexity index is 1230. The molecule has 158 valence electrons. The van der Waals surface area contributed by atoms with Crippen LogP contribution in [0, 0.1) is 5.82 Å². The smallest absolute Gasteiger partial charge is 0.333 e. The number of anilines is 1. The van der Waals surface area contributed by atoms with Crippen molar-refractivity contribution in [1.29, 1.82) is 0 Å². The van der Waals surface area contributed by atoms with E-state index in [-0.39, 0.29) is 11.5 Å². The molecule has 0 aliphatic carbocycles. The molecule has 0 saturated heterocycles. The molecule has 2 aromatic carbocycles. The molecule has 0 amide bonds. The molecule has 3 aromatic rings. The molecule has 1 aliphatic heterocycles. The minimum atomic E-state index is -1.33. The molecular formula is C21H17FN4O5. The molecule has 0 saturated carbocycles. The van der Waals surface area contributed by atoms with E-state index >= 15 is 0 Å². The Labute approximate surface area is 175 Å². The first-order valence-electron chi connectivity index (χ1n) is 9.23. The third-order valence-electron chi connectivity index (χ3n) is 4.91. The summed E-state index contributed by atoms with van der Waals surface area (Å²) in [6.45, 7) is 0. The van der Waals surface area contributed by atoms with Gasteiger partial charge in [0.2, 0.25) is 0 Å². The fourth-order valence-electron chi connectivity index (χ4n) is 3.43. The number of halogens is 1. The second-order valence-corrected chi connectivity index (χ2v) is 6.70. The standard InChI is InChI=1S/C21H17FN4O5/c1-30-20(28)16-17(21(29)31-2)26-18(13-5-3-4-6-14(13)23-16)24-19(27)15(25-26)11-7-9-12(22)10-8-11/h3-10,16-17,23H,1-2H3/t16-,17+/m0/s1. The number of nitrogens with one attached hydrogen (secondary N) is 1. The Hall–Kier alpha value is -4.08. The Morgan fingerprint density at radius 1 is 1.03 bits per heavy atom. The van der Waals surface area contributed by atoms with Crippen LogP contribution >= 0.6 is 0 Å². The summed E-state index contributed by atoms with van der Waals surface area (Å²) in [6.07, 6.45) is 0. The molecule has 0 radical (unpaired) electrons. The molecule has 10 heteroatoms. The van der Waals surface area contributed by atoms with Crippen molar-refractivity contribution in [2.45, 2.75) is 12.1 Å². The summed E-state index contributed by atoms with van der Waals surface area (Å²) in [7, 11) is 2.36. The highest BCUT2D eigenvalue weighted by molar-refractivity contribution is 5.91. The van der Waals surface area contributed by atoms with Gasteiger partial charge in [0.15, 0.2) is 23.6 Å². The van der Waals surface area contributed by atoms with Crippen LogP contribution in [0.25, 0.3) is 22.6 Å². The maximum Gasteiger partial charge on any atom is 0.333 e. The van der Waals surface area contributed by atoms with Crippen molar-refractivity contribution in [3.8, 4) is 22.6 Å². The monoisotopic (exact) mass is 424 g/mol. The van der Waals surface area contributed by atoms with Gasteiger partial charge in [0, 0.05) is 16.8 Å². The lowest BCUT2D eigenvalue weighted by molar-refractivity contribution is -0.152. The maximum absolute atomic E-state index is 13.3. The SMILES string of the molecule is COC(=O)[C@H]1Nc2ccccc2-c2nc(=O)c(-c3ccc(F)cc3)nn2[C@H]1C(=O)OC. The van der Waals surface area contributed by atoms with E-state index in [2.05, 4.69) is 15.4 Å². The molecule has 2 atom stereocenters. The third kappa shape index (κ3) is 3.52. The number of methoxy groups -OCH3 is 2. The number of fused-ring (bicyclic) bond motifs is 3. The average molecular weight is 424 g/mol. The van der Waals surface area contributed by atoms with Gasteiger partial charge in [-0.15, -0.1) is 0 Å². The van der Waals surface area contributed by atoms with Gasteiger partial charge in [-0.05, 0) is 36.4 Å². The number of carbonyl (C=O) groups is 2. The minimum absolute atomic E-state index is 0.0702. The average Bonchev–Trinajstić information content (AvgIpc) is 2.92. The first-order chi connectivity index (χ1) is 14.9. The van der Waals surface area contributed by atoms with Gasteiger partial charge in [0.1, 0.15) is 5.82 Å². The first kappa shape index (κ1) is 20.2. The second kappa shape index (κ2) is 7.98. The Morgan fingerprint density at radius 3 is 2.39 bits per heavy atom. The topological polar surface area (TPSA) is 112 Å². The van der Waals surface area contributed by atoms with E-state index in [0.29, 0.717) is 16.8 Å². The van der Waals surface area contributed by atoms with Gasteiger partial charge in [-0.25, -0.2) is 18.7 Å². The zero-order valence-corrected chi connectivity index (χ0v) is 16.5. The van der Waals surface area contributed by atoms with Crippen LogP contribution in [0.15, 0.2) is 53.3 Å². The molecule has 4 rings (SSSR count). The highest BCUT2D eigenvalue weighted by atomic mass is 19.1. The number of hydrogen-bond donors (Lipinski definition) is 1. The van der Waals surface area contributed by atoms with Crippen LogP contribution < -0.4 is 10.9 Å². The number of hydrogen-bond acceptors (Lipinski definition) is 8. The molecule has 1 N–H and O–H groups in total. The van der Waals surface area contributed by atoms with E-state index in [1.807, 2.05) is 0 Å². The first-order valence-corrected chi connectivity index (χ1v) is 9.23. The summed E-state index contributed by atoms with van der Waals surface area (Å²) >= 11 is 0. The minimum Gasteiger partial charge on any atom is -0.467 e. The Kier molecular flexibility index (Phi) is 5.20. The van der Waals surface area contributed by atoms with Crippen molar-refractivity contribution < 1.29 is 23.5 Å². The quantitative estimate of drug-likeness (QED) is 0.634.